The van der Waals surface area contributed by atoms with Crippen LogP contribution in [0, 0.1) is 0 Å². The molecular weight excluding hydrogens is 362 g/mol. The molecule has 2 aromatic rings. The fourth-order valence-corrected chi connectivity index (χ4v) is 2.46. The molecule has 0 aliphatic heterocycles. The zero-order valence-corrected chi connectivity index (χ0v) is 16.0. The average molecular weight is 385 g/mol. The molecule has 2 aromatic carbocycles. The lowest BCUT2D eigenvalue weighted by Crippen LogP contribution is -2.37. The third kappa shape index (κ3) is 7.87. The van der Waals surface area contributed by atoms with Crippen LogP contribution >= 0.6 is 12.2 Å². The van der Waals surface area contributed by atoms with Crippen molar-refractivity contribution in [2.24, 2.45) is 0 Å². The first-order valence-corrected chi connectivity index (χ1v) is 9.16. The van der Waals surface area contributed by atoms with E-state index in [1.807, 2.05) is 25.1 Å². The zero-order chi connectivity index (χ0) is 19.5. The second-order valence-corrected chi connectivity index (χ2v) is 6.24. The van der Waals surface area contributed by atoms with E-state index in [2.05, 4.69) is 16.0 Å². The number of benzene rings is 2. The molecule has 6 nitrogen and oxygen atoms in total. The number of hydrogen-bond donors (Lipinski definition) is 3. The Morgan fingerprint density at radius 3 is 2.37 bits per heavy atom. The molecule has 7 heteroatoms. The van der Waals surface area contributed by atoms with Crippen LogP contribution in [0.3, 0.4) is 0 Å². The van der Waals surface area contributed by atoms with Crippen molar-refractivity contribution in [2.45, 2.75) is 26.2 Å². The van der Waals surface area contributed by atoms with Gasteiger partial charge < -0.3 is 15.4 Å². The average Bonchev–Trinajstić information content (AvgIpc) is 2.65. The maximum absolute atomic E-state index is 11.9. The molecule has 0 saturated carbocycles. The lowest BCUT2D eigenvalue weighted by Gasteiger charge is -2.12. The van der Waals surface area contributed by atoms with Crippen molar-refractivity contribution in [1.82, 2.24) is 5.32 Å². The van der Waals surface area contributed by atoms with Crippen molar-refractivity contribution in [3.8, 4) is 5.75 Å². The number of thiocarbonyl (C=S) groups is 1. The van der Waals surface area contributed by atoms with Crippen molar-refractivity contribution in [2.75, 3.05) is 17.2 Å². The van der Waals surface area contributed by atoms with E-state index in [-0.39, 0.29) is 23.5 Å². The number of hydrogen-bond acceptors (Lipinski definition) is 4. The topological polar surface area (TPSA) is 79.5 Å². The Balaban J connectivity index is 1.80. The SMILES string of the molecule is CCCCC(=O)Nc1cccc(NC(=S)NC(=O)COc2ccccc2)c1. The van der Waals surface area contributed by atoms with Crippen LogP contribution in [0.25, 0.3) is 0 Å². The van der Waals surface area contributed by atoms with Crippen LogP contribution in [0.5, 0.6) is 5.75 Å². The van der Waals surface area contributed by atoms with Gasteiger partial charge in [-0.1, -0.05) is 37.6 Å². The summed E-state index contributed by atoms with van der Waals surface area (Å²) in [6, 6.07) is 16.2. The molecule has 0 unspecified atom stereocenters. The van der Waals surface area contributed by atoms with Crippen LogP contribution in [0.1, 0.15) is 26.2 Å². The van der Waals surface area contributed by atoms with E-state index in [0.717, 1.165) is 12.8 Å². The van der Waals surface area contributed by atoms with Gasteiger partial charge in [-0.3, -0.25) is 14.9 Å². The normalized spacial score (nSPS) is 9.96. The molecule has 0 heterocycles. The number of carbonyl (C=O) groups is 2. The maximum Gasteiger partial charge on any atom is 0.264 e. The quantitative estimate of drug-likeness (QED) is 0.604. The molecule has 0 spiro atoms. The number of anilines is 2. The van der Waals surface area contributed by atoms with Crippen molar-refractivity contribution in [1.29, 1.82) is 0 Å². The summed E-state index contributed by atoms with van der Waals surface area (Å²) >= 11 is 5.15. The van der Waals surface area contributed by atoms with Crippen molar-refractivity contribution < 1.29 is 14.3 Å². The molecule has 0 bridgehead atoms. The highest BCUT2D eigenvalue weighted by Gasteiger charge is 2.07. The highest BCUT2D eigenvalue weighted by molar-refractivity contribution is 7.80. The molecule has 0 aromatic heterocycles. The Morgan fingerprint density at radius 2 is 1.67 bits per heavy atom. The number of carbonyl (C=O) groups excluding carboxylic acids is 2. The van der Waals surface area contributed by atoms with Crippen molar-refractivity contribution >= 4 is 40.5 Å². The fraction of sp³-hybridized carbons (Fsp3) is 0.250. The number of nitrogens with one attached hydrogen (secondary N) is 3. The summed E-state index contributed by atoms with van der Waals surface area (Å²) in [4.78, 5) is 23.7. The molecule has 0 aliphatic carbocycles. The maximum atomic E-state index is 11.9. The van der Waals surface area contributed by atoms with E-state index in [0.29, 0.717) is 23.5 Å². The predicted octanol–water partition coefficient (Wildman–Crippen LogP) is 3.71. The van der Waals surface area contributed by atoms with Gasteiger partial charge in [0.25, 0.3) is 5.91 Å². The first-order chi connectivity index (χ1) is 13.1. The highest BCUT2D eigenvalue weighted by atomic mass is 32.1. The summed E-state index contributed by atoms with van der Waals surface area (Å²) in [6.45, 7) is 1.90. The van der Waals surface area contributed by atoms with Gasteiger partial charge in [0.2, 0.25) is 5.91 Å². The Kier molecular flexibility index (Phi) is 8.25. The summed E-state index contributed by atoms with van der Waals surface area (Å²) in [5.74, 6) is 0.223. The van der Waals surface area contributed by atoms with Crippen LogP contribution in [0.4, 0.5) is 11.4 Å². The van der Waals surface area contributed by atoms with E-state index < -0.39 is 0 Å². The van der Waals surface area contributed by atoms with Crippen LogP contribution in [0.2, 0.25) is 0 Å². The minimum Gasteiger partial charge on any atom is -0.484 e. The van der Waals surface area contributed by atoms with Crippen LogP contribution in [0.15, 0.2) is 54.6 Å². The van der Waals surface area contributed by atoms with Gasteiger partial charge in [0.1, 0.15) is 5.75 Å². The van der Waals surface area contributed by atoms with Crippen LogP contribution in [-0.4, -0.2) is 23.5 Å². The standard InChI is InChI=1S/C20H23N3O3S/c1-2-3-12-18(24)21-15-8-7-9-16(13-15)22-20(27)23-19(25)14-26-17-10-5-4-6-11-17/h4-11,13H,2-3,12,14H2,1H3,(H,21,24)(H2,22,23,25,27). The Morgan fingerprint density at radius 1 is 0.963 bits per heavy atom. The van der Waals surface area contributed by atoms with Gasteiger partial charge >= 0.3 is 0 Å². The fourth-order valence-electron chi connectivity index (χ4n) is 2.23. The van der Waals surface area contributed by atoms with Crippen LogP contribution in [-0.2, 0) is 9.59 Å². The molecule has 0 aliphatic rings. The first kappa shape index (κ1) is 20.4. The zero-order valence-electron chi connectivity index (χ0n) is 15.2. The van der Waals surface area contributed by atoms with E-state index in [1.165, 1.54) is 0 Å². The smallest absolute Gasteiger partial charge is 0.264 e. The minimum atomic E-state index is -0.361. The number of rotatable bonds is 8. The number of amides is 2. The van der Waals surface area contributed by atoms with E-state index in [1.54, 1.807) is 36.4 Å². The molecule has 2 amide bonds. The lowest BCUT2D eigenvalue weighted by molar-refractivity contribution is -0.121. The summed E-state index contributed by atoms with van der Waals surface area (Å²) in [5, 5.41) is 8.47. The number of para-hydroxylation sites is 1. The Bertz CT molecular complexity index is 781. The molecule has 0 saturated heterocycles. The van der Waals surface area contributed by atoms with E-state index in [4.69, 9.17) is 17.0 Å². The summed E-state index contributed by atoms with van der Waals surface area (Å²) < 4.78 is 5.37. The largest absolute Gasteiger partial charge is 0.484 e. The van der Waals surface area contributed by atoms with Gasteiger partial charge in [-0.15, -0.1) is 0 Å². The molecule has 2 rings (SSSR count). The molecule has 0 atom stereocenters. The third-order valence-corrected chi connectivity index (χ3v) is 3.73. The molecular formula is C20H23N3O3S. The third-order valence-electron chi connectivity index (χ3n) is 3.53. The van der Waals surface area contributed by atoms with Gasteiger partial charge in [-0.2, -0.15) is 0 Å². The molecule has 0 fully saturated rings. The van der Waals surface area contributed by atoms with E-state index in [9.17, 15) is 9.59 Å². The predicted molar refractivity (Wildman–Crippen MR) is 111 cm³/mol. The van der Waals surface area contributed by atoms with Crippen molar-refractivity contribution in [3.05, 3.63) is 54.6 Å². The Labute approximate surface area is 164 Å². The summed E-state index contributed by atoms with van der Waals surface area (Å²) in [5.41, 5.74) is 1.33. The molecule has 142 valence electrons. The molecule has 0 radical (unpaired) electrons. The monoisotopic (exact) mass is 385 g/mol. The number of unbranched alkanes of at least 4 members (excludes halogenated alkanes) is 1. The summed E-state index contributed by atoms with van der Waals surface area (Å²) in [6.07, 6.45) is 2.31. The molecule has 27 heavy (non-hydrogen) atoms. The molecule has 3 N–H and O–H groups in total. The minimum absolute atomic E-state index is 0.0251. The van der Waals surface area contributed by atoms with Gasteiger partial charge in [-0.05, 0) is 49.0 Å². The second-order valence-electron chi connectivity index (χ2n) is 5.84. The highest BCUT2D eigenvalue weighted by Crippen LogP contribution is 2.15. The first-order valence-electron chi connectivity index (χ1n) is 8.75. The van der Waals surface area contributed by atoms with Gasteiger partial charge in [-0.25, -0.2) is 0 Å². The van der Waals surface area contributed by atoms with Crippen LogP contribution < -0.4 is 20.7 Å². The lowest BCUT2D eigenvalue weighted by atomic mass is 10.2. The Hall–Kier alpha value is -2.93. The van der Waals surface area contributed by atoms with Gasteiger partial charge in [0.05, 0.1) is 0 Å². The van der Waals surface area contributed by atoms with E-state index >= 15 is 0 Å². The van der Waals surface area contributed by atoms with Crippen molar-refractivity contribution in [3.63, 3.8) is 0 Å². The second kappa shape index (κ2) is 10.9. The number of ether oxygens (including phenoxy) is 1. The summed E-state index contributed by atoms with van der Waals surface area (Å²) in [7, 11) is 0. The van der Waals surface area contributed by atoms with Gasteiger partial charge in [0, 0.05) is 17.8 Å². The van der Waals surface area contributed by atoms with Gasteiger partial charge in [0.15, 0.2) is 11.7 Å².